The quantitative estimate of drug-likeness (QED) is 0.538. The molecule has 1 saturated heterocycles. The van der Waals surface area contributed by atoms with Gasteiger partial charge in [-0.2, -0.15) is 28.2 Å². The van der Waals surface area contributed by atoms with Crippen LogP contribution in [0.5, 0.6) is 0 Å². The highest BCUT2D eigenvalue weighted by Crippen LogP contribution is 2.36. The standard InChI is InChI=1S/C21H19F6N7O/c1-12-7-20(23,24)11-33(17(12)10-30-19-28-8-13(9-29-19)21(25,26)27)18(35)15-6-14(22)2-3-16(15)34-31-4-5-32-34/h2-6,8-9,12,17H,7,10-11H2,1H3,(H,28,29,30)/t12-,17?/m1/s1. The number of alkyl halides is 5. The summed E-state index contributed by atoms with van der Waals surface area (Å²) in [4.78, 5) is 22.7. The molecule has 1 aromatic carbocycles. The van der Waals surface area contributed by atoms with Gasteiger partial charge in [-0.05, 0) is 24.1 Å². The largest absolute Gasteiger partial charge is 0.419 e. The van der Waals surface area contributed by atoms with E-state index in [0.29, 0.717) is 12.4 Å². The Balaban J connectivity index is 1.61. The molecular weight excluding hydrogens is 480 g/mol. The Morgan fingerprint density at radius 2 is 1.83 bits per heavy atom. The van der Waals surface area contributed by atoms with Crippen LogP contribution in [0, 0.1) is 11.7 Å². The van der Waals surface area contributed by atoms with Crippen LogP contribution >= 0.6 is 0 Å². The van der Waals surface area contributed by atoms with E-state index in [4.69, 9.17) is 0 Å². The molecule has 3 aromatic rings. The first-order valence-corrected chi connectivity index (χ1v) is 10.4. The normalized spacial score (nSPS) is 20.0. The molecule has 186 valence electrons. The number of benzene rings is 1. The number of amides is 1. The molecule has 0 bridgehead atoms. The molecule has 1 aliphatic rings. The SMILES string of the molecule is C[C@@H]1CC(F)(F)CN(C(=O)c2cc(F)ccc2-n2nccn2)C1CNc1ncc(C(F)(F)F)cn1. The van der Waals surface area contributed by atoms with E-state index in [1.54, 1.807) is 0 Å². The lowest BCUT2D eigenvalue weighted by Crippen LogP contribution is -2.57. The zero-order valence-electron chi connectivity index (χ0n) is 18.2. The molecule has 1 aliphatic heterocycles. The van der Waals surface area contributed by atoms with Gasteiger partial charge in [0.25, 0.3) is 11.8 Å². The zero-order chi connectivity index (χ0) is 25.4. The van der Waals surface area contributed by atoms with E-state index in [2.05, 4.69) is 25.5 Å². The third kappa shape index (κ3) is 5.35. The Kier molecular flexibility index (Phi) is 6.38. The Morgan fingerprint density at radius 1 is 1.17 bits per heavy atom. The third-order valence-electron chi connectivity index (χ3n) is 5.61. The Hall–Kier alpha value is -3.71. The first-order valence-electron chi connectivity index (χ1n) is 10.4. The summed E-state index contributed by atoms with van der Waals surface area (Å²) >= 11 is 0. The fourth-order valence-corrected chi connectivity index (χ4v) is 3.99. The molecule has 0 aliphatic carbocycles. The predicted octanol–water partition coefficient (Wildman–Crippen LogP) is 3.81. The average molecular weight is 499 g/mol. The summed E-state index contributed by atoms with van der Waals surface area (Å²) in [6.07, 6.45) is -1.28. The van der Waals surface area contributed by atoms with Gasteiger partial charge in [0.2, 0.25) is 5.95 Å². The molecule has 2 atom stereocenters. The van der Waals surface area contributed by atoms with E-state index in [0.717, 1.165) is 21.8 Å². The van der Waals surface area contributed by atoms with Crippen LogP contribution in [0.2, 0.25) is 0 Å². The van der Waals surface area contributed by atoms with Crippen molar-refractivity contribution in [1.82, 2.24) is 29.9 Å². The van der Waals surface area contributed by atoms with Gasteiger partial charge in [0.1, 0.15) is 5.82 Å². The first-order chi connectivity index (χ1) is 16.4. The van der Waals surface area contributed by atoms with Gasteiger partial charge in [-0.1, -0.05) is 6.92 Å². The van der Waals surface area contributed by atoms with E-state index >= 15 is 0 Å². The molecule has 1 N–H and O–H groups in total. The molecule has 0 spiro atoms. The third-order valence-corrected chi connectivity index (χ3v) is 5.61. The number of anilines is 1. The van der Waals surface area contributed by atoms with E-state index in [-0.39, 0.29) is 23.7 Å². The van der Waals surface area contributed by atoms with Crippen molar-refractivity contribution in [3.05, 3.63) is 59.9 Å². The Labute approximate surface area is 195 Å². The van der Waals surface area contributed by atoms with Crippen LogP contribution in [0.4, 0.5) is 32.3 Å². The van der Waals surface area contributed by atoms with Gasteiger partial charge < -0.3 is 10.2 Å². The maximum absolute atomic E-state index is 14.5. The fourth-order valence-electron chi connectivity index (χ4n) is 3.99. The summed E-state index contributed by atoms with van der Waals surface area (Å²) in [6, 6.07) is 2.44. The minimum Gasteiger partial charge on any atom is -0.352 e. The second-order valence-corrected chi connectivity index (χ2v) is 8.19. The second-order valence-electron chi connectivity index (χ2n) is 8.19. The van der Waals surface area contributed by atoms with Gasteiger partial charge in [-0.15, -0.1) is 0 Å². The van der Waals surface area contributed by atoms with Gasteiger partial charge in [-0.3, -0.25) is 4.79 Å². The number of carbonyl (C=O) groups excluding carboxylic acids is 1. The molecule has 1 unspecified atom stereocenters. The molecule has 1 amide bonds. The highest BCUT2D eigenvalue weighted by molar-refractivity contribution is 5.98. The number of aromatic nitrogens is 5. The van der Waals surface area contributed by atoms with E-state index in [1.807, 2.05) is 0 Å². The van der Waals surface area contributed by atoms with Crippen LogP contribution in [0.3, 0.4) is 0 Å². The molecule has 8 nitrogen and oxygen atoms in total. The van der Waals surface area contributed by atoms with Crippen molar-refractivity contribution in [3.8, 4) is 5.69 Å². The molecule has 35 heavy (non-hydrogen) atoms. The number of hydrogen-bond acceptors (Lipinski definition) is 6. The molecule has 4 rings (SSSR count). The lowest BCUT2D eigenvalue weighted by atomic mass is 9.87. The minimum absolute atomic E-state index is 0.0979. The van der Waals surface area contributed by atoms with Crippen molar-refractivity contribution in [2.75, 3.05) is 18.4 Å². The molecule has 0 radical (unpaired) electrons. The van der Waals surface area contributed by atoms with Crippen LogP contribution in [0.15, 0.2) is 43.0 Å². The van der Waals surface area contributed by atoms with Crippen LogP contribution in [-0.4, -0.2) is 60.8 Å². The summed E-state index contributed by atoms with van der Waals surface area (Å²) in [5, 5.41) is 10.6. The smallest absolute Gasteiger partial charge is 0.352 e. The summed E-state index contributed by atoms with van der Waals surface area (Å²) in [6.45, 7) is 0.465. The number of likely N-dealkylation sites (tertiary alicyclic amines) is 1. The number of rotatable bonds is 5. The maximum Gasteiger partial charge on any atom is 0.419 e. The average Bonchev–Trinajstić information content (AvgIpc) is 3.31. The van der Waals surface area contributed by atoms with Crippen molar-refractivity contribution in [2.24, 2.45) is 5.92 Å². The van der Waals surface area contributed by atoms with Crippen LogP contribution in [0.1, 0.15) is 29.3 Å². The summed E-state index contributed by atoms with van der Waals surface area (Å²) in [7, 11) is 0. The van der Waals surface area contributed by atoms with E-state index in [9.17, 15) is 31.1 Å². The van der Waals surface area contributed by atoms with Crippen molar-refractivity contribution in [3.63, 3.8) is 0 Å². The summed E-state index contributed by atoms with van der Waals surface area (Å²) in [5.41, 5.74) is -1.17. The van der Waals surface area contributed by atoms with Crippen molar-refractivity contribution in [2.45, 2.75) is 31.5 Å². The van der Waals surface area contributed by atoms with Gasteiger partial charge in [0.15, 0.2) is 0 Å². The molecule has 1 fully saturated rings. The molecule has 3 heterocycles. The second kappa shape index (κ2) is 9.15. The lowest BCUT2D eigenvalue weighted by Gasteiger charge is -2.43. The van der Waals surface area contributed by atoms with Gasteiger partial charge >= 0.3 is 6.18 Å². The van der Waals surface area contributed by atoms with Crippen LogP contribution < -0.4 is 5.32 Å². The fraction of sp³-hybridized carbons (Fsp3) is 0.381. The number of nitrogens with one attached hydrogen (secondary N) is 1. The molecule has 14 heteroatoms. The van der Waals surface area contributed by atoms with Gasteiger partial charge in [-0.25, -0.2) is 23.1 Å². The van der Waals surface area contributed by atoms with E-state index < -0.39 is 54.3 Å². The number of nitrogens with zero attached hydrogens (tertiary/aromatic N) is 6. The number of hydrogen-bond donors (Lipinski definition) is 1. The minimum atomic E-state index is -4.61. The van der Waals surface area contributed by atoms with Crippen molar-refractivity contribution < 1.29 is 31.1 Å². The highest BCUT2D eigenvalue weighted by atomic mass is 19.4. The van der Waals surface area contributed by atoms with Crippen molar-refractivity contribution in [1.29, 1.82) is 0 Å². The van der Waals surface area contributed by atoms with Crippen molar-refractivity contribution >= 4 is 11.9 Å². The predicted molar refractivity (Wildman–Crippen MR) is 110 cm³/mol. The zero-order valence-corrected chi connectivity index (χ0v) is 18.2. The summed E-state index contributed by atoms with van der Waals surface area (Å²) < 4.78 is 81.2. The monoisotopic (exact) mass is 499 g/mol. The van der Waals surface area contributed by atoms with Gasteiger partial charge in [0, 0.05) is 25.4 Å². The molecule has 0 saturated carbocycles. The summed E-state index contributed by atoms with van der Waals surface area (Å²) in [5.74, 6) is -5.71. The van der Waals surface area contributed by atoms with Gasteiger partial charge in [0.05, 0.1) is 41.8 Å². The number of halogens is 6. The van der Waals surface area contributed by atoms with E-state index in [1.165, 1.54) is 25.4 Å². The maximum atomic E-state index is 14.5. The Bertz CT molecular complexity index is 1180. The van der Waals surface area contributed by atoms with Crippen LogP contribution in [0.25, 0.3) is 5.69 Å². The molecular formula is C21H19F6N7O. The topological polar surface area (TPSA) is 88.8 Å². The number of piperidine rings is 1. The number of carbonyl (C=O) groups is 1. The lowest BCUT2D eigenvalue weighted by molar-refractivity contribution is -0.138. The highest BCUT2D eigenvalue weighted by Gasteiger charge is 2.46. The first kappa shape index (κ1) is 24.4. The van der Waals surface area contributed by atoms with Crippen LogP contribution in [-0.2, 0) is 6.18 Å². The molecule has 2 aromatic heterocycles. The Morgan fingerprint density at radius 3 is 2.46 bits per heavy atom.